The highest BCUT2D eigenvalue weighted by atomic mass is 16.5. The van der Waals surface area contributed by atoms with Crippen LogP contribution in [0.4, 0.5) is 11.8 Å². The minimum atomic E-state index is 0.301. The molecule has 4 heterocycles. The molecular weight excluding hydrogens is 454 g/mol. The number of fused-ring (bicyclic) bond motifs is 1. The lowest BCUT2D eigenvalue weighted by molar-refractivity contribution is -0.134. The molecule has 0 radical (unpaired) electrons. The predicted octanol–water partition coefficient (Wildman–Crippen LogP) is 3.83. The van der Waals surface area contributed by atoms with E-state index in [2.05, 4.69) is 42.3 Å². The highest BCUT2D eigenvalue weighted by molar-refractivity contribution is 5.84. The van der Waals surface area contributed by atoms with E-state index in [0.717, 1.165) is 73.5 Å². The van der Waals surface area contributed by atoms with Gasteiger partial charge in [-0.05, 0) is 54.3 Å². The minimum absolute atomic E-state index is 0.301. The second kappa shape index (κ2) is 9.58. The molecule has 36 heavy (non-hydrogen) atoms. The van der Waals surface area contributed by atoms with Crippen molar-refractivity contribution in [1.29, 1.82) is 0 Å². The van der Waals surface area contributed by atoms with Crippen molar-refractivity contribution >= 4 is 28.7 Å². The van der Waals surface area contributed by atoms with Crippen LogP contribution in [0.15, 0.2) is 54.9 Å². The molecule has 4 aromatic rings. The van der Waals surface area contributed by atoms with Gasteiger partial charge in [0, 0.05) is 62.7 Å². The summed E-state index contributed by atoms with van der Waals surface area (Å²) < 4.78 is 5.15. The van der Waals surface area contributed by atoms with Crippen molar-refractivity contribution in [2.45, 2.75) is 19.4 Å². The third-order valence-corrected chi connectivity index (χ3v) is 6.85. The zero-order valence-corrected chi connectivity index (χ0v) is 20.3. The number of nitrogens with zero attached hydrogens (tertiary/aromatic N) is 5. The Hall–Kier alpha value is -3.98. The van der Waals surface area contributed by atoms with E-state index in [9.17, 15) is 4.79 Å². The number of rotatable bonds is 7. The lowest BCUT2D eigenvalue weighted by atomic mass is 10.1. The first-order chi connectivity index (χ1) is 17.6. The fourth-order valence-electron chi connectivity index (χ4n) is 4.66. The van der Waals surface area contributed by atoms with Crippen LogP contribution in [0, 0.1) is 5.92 Å². The number of imidazole rings is 1. The summed E-state index contributed by atoms with van der Waals surface area (Å²) in [6.45, 7) is 4.28. The molecule has 3 aromatic heterocycles. The first-order valence-electron chi connectivity index (χ1n) is 12.4. The van der Waals surface area contributed by atoms with E-state index in [-0.39, 0.29) is 0 Å². The third kappa shape index (κ3) is 4.87. The molecule has 9 heteroatoms. The highest BCUT2D eigenvalue weighted by Gasteiger charge is 2.34. The van der Waals surface area contributed by atoms with E-state index < -0.39 is 0 Å². The van der Waals surface area contributed by atoms with E-state index in [4.69, 9.17) is 4.74 Å². The van der Waals surface area contributed by atoms with Gasteiger partial charge < -0.3 is 19.9 Å². The Morgan fingerprint density at radius 2 is 1.89 bits per heavy atom. The SMILES string of the molecule is COc1ccc(-c2ccc3nc(Nc4cc(CN5CCN(C(=O)C6CC6)CC5)ccn4)[nH]c3c2)cn1. The Kier molecular flexibility index (Phi) is 5.98. The molecule has 1 aliphatic heterocycles. The molecule has 1 aromatic carbocycles. The normalized spacial score (nSPS) is 16.3. The van der Waals surface area contributed by atoms with Crippen LogP contribution in [0.5, 0.6) is 5.88 Å². The summed E-state index contributed by atoms with van der Waals surface area (Å²) in [5.74, 6) is 2.63. The molecule has 2 N–H and O–H groups in total. The Bertz CT molecular complexity index is 1370. The lowest BCUT2D eigenvalue weighted by Crippen LogP contribution is -2.48. The van der Waals surface area contributed by atoms with Gasteiger partial charge >= 0.3 is 0 Å². The minimum Gasteiger partial charge on any atom is -0.481 e. The molecule has 1 saturated carbocycles. The summed E-state index contributed by atoms with van der Waals surface area (Å²) in [6.07, 6.45) is 5.76. The van der Waals surface area contributed by atoms with Crippen LogP contribution in [-0.4, -0.2) is 68.9 Å². The largest absolute Gasteiger partial charge is 0.481 e. The number of nitrogens with one attached hydrogen (secondary N) is 2. The number of benzene rings is 1. The quantitative estimate of drug-likeness (QED) is 0.412. The molecule has 6 rings (SSSR count). The zero-order chi connectivity index (χ0) is 24.5. The number of hydrogen-bond donors (Lipinski definition) is 2. The molecule has 0 spiro atoms. The number of methoxy groups -OCH3 is 1. The van der Waals surface area contributed by atoms with Gasteiger partial charge in [0.1, 0.15) is 5.82 Å². The molecule has 0 bridgehead atoms. The Morgan fingerprint density at radius 1 is 1.06 bits per heavy atom. The molecular formula is C27H29N7O2. The van der Waals surface area contributed by atoms with Gasteiger partial charge in [-0.3, -0.25) is 9.69 Å². The van der Waals surface area contributed by atoms with Crippen LogP contribution in [0.1, 0.15) is 18.4 Å². The number of aromatic nitrogens is 4. The van der Waals surface area contributed by atoms with E-state index >= 15 is 0 Å². The number of H-pyrrole nitrogens is 1. The number of aromatic amines is 1. The summed E-state index contributed by atoms with van der Waals surface area (Å²) in [5, 5.41) is 3.31. The summed E-state index contributed by atoms with van der Waals surface area (Å²) >= 11 is 0. The van der Waals surface area contributed by atoms with Crippen molar-refractivity contribution in [2.75, 3.05) is 38.6 Å². The molecule has 184 valence electrons. The molecule has 1 amide bonds. The number of anilines is 2. The van der Waals surface area contributed by atoms with Crippen molar-refractivity contribution in [3.8, 4) is 17.0 Å². The number of ether oxygens (including phenoxy) is 1. The monoisotopic (exact) mass is 483 g/mol. The Morgan fingerprint density at radius 3 is 2.64 bits per heavy atom. The molecule has 1 aliphatic carbocycles. The number of pyridine rings is 2. The average Bonchev–Trinajstić information content (AvgIpc) is 3.69. The van der Waals surface area contributed by atoms with E-state index in [0.29, 0.717) is 23.7 Å². The van der Waals surface area contributed by atoms with E-state index in [1.165, 1.54) is 5.56 Å². The van der Waals surface area contributed by atoms with Gasteiger partial charge in [-0.1, -0.05) is 6.07 Å². The van der Waals surface area contributed by atoms with Gasteiger partial charge in [-0.15, -0.1) is 0 Å². The Balaban J connectivity index is 1.10. The fraction of sp³-hybridized carbons (Fsp3) is 0.333. The number of carbonyl (C=O) groups excluding carboxylic acids is 1. The second-order valence-electron chi connectivity index (χ2n) is 9.46. The van der Waals surface area contributed by atoms with Crippen molar-refractivity contribution in [3.05, 3.63) is 60.4 Å². The number of hydrogen-bond acceptors (Lipinski definition) is 7. The van der Waals surface area contributed by atoms with Gasteiger partial charge in [-0.25, -0.2) is 15.0 Å². The molecule has 1 saturated heterocycles. The fourth-order valence-corrected chi connectivity index (χ4v) is 4.66. The summed E-state index contributed by atoms with van der Waals surface area (Å²) in [4.78, 5) is 33.5. The van der Waals surface area contributed by atoms with Crippen molar-refractivity contribution in [2.24, 2.45) is 5.92 Å². The van der Waals surface area contributed by atoms with Crippen LogP contribution >= 0.6 is 0 Å². The summed E-state index contributed by atoms with van der Waals surface area (Å²) in [6, 6.07) is 14.0. The number of carbonyl (C=O) groups is 1. The zero-order valence-electron chi connectivity index (χ0n) is 20.3. The van der Waals surface area contributed by atoms with Crippen molar-refractivity contribution in [1.82, 2.24) is 29.7 Å². The van der Waals surface area contributed by atoms with Crippen LogP contribution in [0.25, 0.3) is 22.2 Å². The van der Waals surface area contributed by atoms with Crippen molar-refractivity contribution < 1.29 is 9.53 Å². The maximum atomic E-state index is 12.3. The van der Waals surface area contributed by atoms with E-state index in [1.807, 2.05) is 41.4 Å². The van der Waals surface area contributed by atoms with Crippen LogP contribution in [0.3, 0.4) is 0 Å². The second-order valence-corrected chi connectivity index (χ2v) is 9.46. The standard InChI is InChI=1S/C27H29N7O2/c1-36-25-7-5-21(16-29-25)20-4-6-22-23(15-20)31-27(30-22)32-24-14-18(8-9-28-24)17-33-10-12-34(13-11-33)26(35)19-2-3-19/h4-9,14-16,19H,2-3,10-13,17H2,1H3,(H2,28,30,31,32). The first-order valence-corrected chi connectivity index (χ1v) is 12.4. The molecule has 9 nitrogen and oxygen atoms in total. The van der Waals surface area contributed by atoms with Gasteiger partial charge in [0.25, 0.3) is 0 Å². The van der Waals surface area contributed by atoms with E-state index in [1.54, 1.807) is 13.3 Å². The Labute approximate surface area is 209 Å². The van der Waals surface area contributed by atoms with Gasteiger partial charge in [0.05, 0.1) is 18.1 Å². The number of amides is 1. The topological polar surface area (TPSA) is 99.3 Å². The van der Waals surface area contributed by atoms with Crippen LogP contribution in [0.2, 0.25) is 0 Å². The highest BCUT2D eigenvalue weighted by Crippen LogP contribution is 2.31. The smallest absolute Gasteiger partial charge is 0.225 e. The first kappa shape index (κ1) is 22.5. The molecule has 2 aliphatic rings. The number of piperazine rings is 1. The average molecular weight is 484 g/mol. The maximum absolute atomic E-state index is 12.3. The van der Waals surface area contributed by atoms with Gasteiger partial charge in [0.15, 0.2) is 0 Å². The maximum Gasteiger partial charge on any atom is 0.225 e. The summed E-state index contributed by atoms with van der Waals surface area (Å²) in [5.41, 5.74) is 5.04. The lowest BCUT2D eigenvalue weighted by Gasteiger charge is -2.34. The third-order valence-electron chi connectivity index (χ3n) is 6.85. The molecule has 2 fully saturated rings. The van der Waals surface area contributed by atoms with Gasteiger partial charge in [0.2, 0.25) is 17.7 Å². The molecule has 0 unspecified atom stereocenters. The van der Waals surface area contributed by atoms with Crippen LogP contribution in [-0.2, 0) is 11.3 Å². The van der Waals surface area contributed by atoms with Gasteiger partial charge in [-0.2, -0.15) is 0 Å². The predicted molar refractivity (Wildman–Crippen MR) is 138 cm³/mol. The van der Waals surface area contributed by atoms with Crippen LogP contribution < -0.4 is 10.1 Å². The van der Waals surface area contributed by atoms with Crippen molar-refractivity contribution in [3.63, 3.8) is 0 Å². The summed E-state index contributed by atoms with van der Waals surface area (Å²) in [7, 11) is 1.61. The molecule has 0 atom stereocenters.